The zero-order chi connectivity index (χ0) is 17.3. The van der Waals surface area contributed by atoms with Crippen LogP contribution in [0.2, 0.25) is 0 Å². The van der Waals surface area contributed by atoms with Gasteiger partial charge >= 0.3 is 0 Å². The number of hydrogen-bond donors (Lipinski definition) is 0. The van der Waals surface area contributed by atoms with Crippen LogP contribution in [0.3, 0.4) is 0 Å². The number of rotatable bonds is 4. The molecule has 0 saturated carbocycles. The van der Waals surface area contributed by atoms with Crippen molar-refractivity contribution >= 4 is 11.7 Å². The van der Waals surface area contributed by atoms with Crippen molar-refractivity contribution in [2.45, 2.75) is 39.3 Å². The van der Waals surface area contributed by atoms with Crippen LogP contribution in [0, 0.1) is 13.8 Å². The number of aryl methyl sites for hydroxylation is 2. The van der Waals surface area contributed by atoms with Crippen LogP contribution in [0.25, 0.3) is 0 Å². The molecule has 3 rings (SSSR count). The lowest BCUT2D eigenvalue weighted by Crippen LogP contribution is -2.39. The average molecular weight is 327 g/mol. The molecule has 1 atom stereocenters. The lowest BCUT2D eigenvalue weighted by molar-refractivity contribution is 0.0721. The molecule has 0 aromatic carbocycles. The summed E-state index contributed by atoms with van der Waals surface area (Å²) in [6.07, 6.45) is 3.78. The topological polar surface area (TPSA) is 54.3 Å². The van der Waals surface area contributed by atoms with Crippen LogP contribution in [0.1, 0.15) is 34.6 Å². The van der Waals surface area contributed by atoms with E-state index in [1.54, 1.807) is 6.20 Å². The summed E-state index contributed by atoms with van der Waals surface area (Å²) in [4.78, 5) is 21.3. The smallest absolute Gasteiger partial charge is 0.257 e. The maximum Gasteiger partial charge on any atom is 0.257 e. The van der Waals surface area contributed by atoms with Crippen LogP contribution in [0.4, 0.5) is 5.82 Å². The fourth-order valence-electron chi connectivity index (χ4n) is 3.43. The number of carbonyl (C=O) groups excluding carboxylic acids is 1. The van der Waals surface area contributed by atoms with Crippen LogP contribution < -0.4 is 4.90 Å². The van der Waals surface area contributed by atoms with E-state index in [-0.39, 0.29) is 11.9 Å². The molecule has 6 nitrogen and oxygen atoms in total. The third kappa shape index (κ3) is 3.13. The van der Waals surface area contributed by atoms with Gasteiger partial charge in [0.1, 0.15) is 5.82 Å². The lowest BCUT2D eigenvalue weighted by Gasteiger charge is -2.26. The zero-order valence-electron chi connectivity index (χ0n) is 14.9. The van der Waals surface area contributed by atoms with E-state index in [0.29, 0.717) is 5.56 Å². The fourth-order valence-corrected chi connectivity index (χ4v) is 3.43. The maximum absolute atomic E-state index is 13.1. The minimum atomic E-state index is 0.0656. The van der Waals surface area contributed by atoms with Crippen LogP contribution in [0.15, 0.2) is 24.4 Å². The van der Waals surface area contributed by atoms with Crippen molar-refractivity contribution in [2.24, 2.45) is 0 Å². The van der Waals surface area contributed by atoms with E-state index in [1.807, 2.05) is 47.6 Å². The van der Waals surface area contributed by atoms with Gasteiger partial charge in [-0.1, -0.05) is 0 Å². The molecule has 2 aromatic rings. The van der Waals surface area contributed by atoms with Crippen molar-refractivity contribution in [2.75, 3.05) is 25.5 Å². The second kappa shape index (κ2) is 6.63. The van der Waals surface area contributed by atoms with Gasteiger partial charge in [0, 0.05) is 32.5 Å². The monoisotopic (exact) mass is 327 g/mol. The van der Waals surface area contributed by atoms with Crippen molar-refractivity contribution in [1.29, 1.82) is 0 Å². The summed E-state index contributed by atoms with van der Waals surface area (Å²) in [6.45, 7) is 5.61. The number of anilines is 1. The summed E-state index contributed by atoms with van der Waals surface area (Å²) in [5.41, 5.74) is 2.83. The largest absolute Gasteiger partial charge is 0.362 e. The first-order valence-electron chi connectivity index (χ1n) is 8.41. The summed E-state index contributed by atoms with van der Waals surface area (Å²) in [5.74, 6) is 0.787. The quantitative estimate of drug-likeness (QED) is 0.864. The molecule has 0 aliphatic carbocycles. The summed E-state index contributed by atoms with van der Waals surface area (Å²) < 4.78 is 2.02. The van der Waals surface area contributed by atoms with Gasteiger partial charge in [-0.15, -0.1) is 0 Å². The Morgan fingerprint density at radius 3 is 2.83 bits per heavy atom. The van der Waals surface area contributed by atoms with Crippen molar-refractivity contribution in [3.63, 3.8) is 0 Å². The first-order valence-corrected chi connectivity index (χ1v) is 8.41. The van der Waals surface area contributed by atoms with Crippen molar-refractivity contribution < 1.29 is 4.79 Å². The first-order chi connectivity index (χ1) is 11.5. The molecule has 0 unspecified atom stereocenters. The highest BCUT2D eigenvalue weighted by Crippen LogP contribution is 2.25. The molecule has 0 spiro atoms. The van der Waals surface area contributed by atoms with Crippen LogP contribution in [-0.2, 0) is 6.54 Å². The number of amides is 1. The molecular weight excluding hydrogens is 302 g/mol. The predicted molar refractivity (Wildman–Crippen MR) is 94.3 cm³/mol. The molecule has 6 heteroatoms. The van der Waals surface area contributed by atoms with Gasteiger partial charge in [0.2, 0.25) is 0 Å². The molecule has 2 aromatic heterocycles. The summed E-state index contributed by atoms with van der Waals surface area (Å²) >= 11 is 0. The summed E-state index contributed by atoms with van der Waals surface area (Å²) in [7, 11) is 3.83. The predicted octanol–water partition coefficient (Wildman–Crippen LogP) is 2.27. The number of likely N-dealkylation sites (tertiary alicyclic amines) is 1. The Morgan fingerprint density at radius 2 is 2.17 bits per heavy atom. The number of nitrogens with zero attached hydrogens (tertiary/aromatic N) is 5. The molecule has 3 heterocycles. The van der Waals surface area contributed by atoms with E-state index >= 15 is 0 Å². The third-order valence-electron chi connectivity index (χ3n) is 4.57. The standard InChI is InChI=1S/C18H25N5O/c1-13-11-14(2)23(20-13)12-15-7-6-10-22(15)18(24)16-8-5-9-19-17(16)21(3)4/h5,8-9,11,15H,6-7,10,12H2,1-4H3/t15-/m0/s1. The second-order valence-electron chi connectivity index (χ2n) is 6.67. The lowest BCUT2D eigenvalue weighted by atomic mass is 10.1. The Kier molecular flexibility index (Phi) is 4.55. The van der Waals surface area contributed by atoms with E-state index in [4.69, 9.17) is 0 Å². The van der Waals surface area contributed by atoms with E-state index < -0.39 is 0 Å². The molecule has 0 radical (unpaired) electrons. The van der Waals surface area contributed by atoms with Gasteiger partial charge in [-0.05, 0) is 44.9 Å². The highest BCUT2D eigenvalue weighted by molar-refractivity contribution is 5.99. The molecule has 0 bridgehead atoms. The van der Waals surface area contributed by atoms with E-state index in [2.05, 4.69) is 23.1 Å². The maximum atomic E-state index is 13.1. The molecule has 24 heavy (non-hydrogen) atoms. The Hall–Kier alpha value is -2.37. The molecule has 1 amide bonds. The molecule has 0 N–H and O–H groups in total. The summed E-state index contributed by atoms with van der Waals surface area (Å²) in [6, 6.07) is 5.95. The summed E-state index contributed by atoms with van der Waals surface area (Å²) in [5, 5.41) is 4.54. The molecular formula is C18H25N5O. The van der Waals surface area contributed by atoms with Gasteiger partial charge in [-0.2, -0.15) is 5.10 Å². The van der Waals surface area contributed by atoms with Gasteiger partial charge in [-0.3, -0.25) is 9.48 Å². The van der Waals surface area contributed by atoms with Crippen molar-refractivity contribution in [1.82, 2.24) is 19.7 Å². The average Bonchev–Trinajstić information content (AvgIpc) is 3.13. The Morgan fingerprint density at radius 1 is 1.38 bits per heavy atom. The molecule has 1 saturated heterocycles. The highest BCUT2D eigenvalue weighted by Gasteiger charge is 2.31. The Bertz CT molecular complexity index is 737. The highest BCUT2D eigenvalue weighted by atomic mass is 16.2. The van der Waals surface area contributed by atoms with Crippen molar-refractivity contribution in [3.8, 4) is 0 Å². The first kappa shape index (κ1) is 16.5. The number of pyridine rings is 1. The van der Waals surface area contributed by atoms with Crippen LogP contribution in [0.5, 0.6) is 0 Å². The molecule has 1 aliphatic heterocycles. The van der Waals surface area contributed by atoms with Gasteiger partial charge in [0.15, 0.2) is 0 Å². The Labute approximate surface area is 143 Å². The fraction of sp³-hybridized carbons (Fsp3) is 0.500. The number of carbonyl (C=O) groups is 1. The van der Waals surface area contributed by atoms with E-state index in [9.17, 15) is 4.79 Å². The molecule has 1 aliphatic rings. The normalized spacial score (nSPS) is 17.3. The number of hydrogen-bond acceptors (Lipinski definition) is 4. The SMILES string of the molecule is Cc1cc(C)n(C[C@@H]2CCCN2C(=O)c2cccnc2N(C)C)n1. The molecule has 128 valence electrons. The van der Waals surface area contributed by atoms with E-state index in [1.165, 1.54) is 0 Å². The van der Waals surface area contributed by atoms with Gasteiger partial charge in [0.25, 0.3) is 5.91 Å². The minimum Gasteiger partial charge on any atom is -0.362 e. The second-order valence-corrected chi connectivity index (χ2v) is 6.67. The van der Waals surface area contributed by atoms with Crippen LogP contribution in [-0.4, -0.2) is 52.3 Å². The number of aromatic nitrogens is 3. The van der Waals surface area contributed by atoms with E-state index in [0.717, 1.165) is 43.1 Å². The van der Waals surface area contributed by atoms with Gasteiger partial charge in [0.05, 0.1) is 23.8 Å². The van der Waals surface area contributed by atoms with Gasteiger partial charge in [-0.25, -0.2) is 4.98 Å². The Balaban J connectivity index is 1.83. The van der Waals surface area contributed by atoms with Crippen LogP contribution >= 0.6 is 0 Å². The van der Waals surface area contributed by atoms with Gasteiger partial charge < -0.3 is 9.80 Å². The molecule has 1 fully saturated rings. The third-order valence-corrected chi connectivity index (χ3v) is 4.57. The zero-order valence-corrected chi connectivity index (χ0v) is 14.9. The van der Waals surface area contributed by atoms with Crippen molar-refractivity contribution in [3.05, 3.63) is 41.3 Å². The minimum absolute atomic E-state index is 0.0656.